The molecule has 0 saturated carbocycles. The van der Waals surface area contributed by atoms with Crippen LogP contribution in [-0.4, -0.2) is 56.2 Å². The summed E-state index contributed by atoms with van der Waals surface area (Å²) >= 11 is 0. The van der Waals surface area contributed by atoms with Gasteiger partial charge in [0.1, 0.15) is 5.75 Å². The second-order valence-electron chi connectivity index (χ2n) is 5.11. The molecule has 19 heavy (non-hydrogen) atoms. The normalized spacial score (nSPS) is 18.2. The zero-order chi connectivity index (χ0) is 13.5. The van der Waals surface area contributed by atoms with Gasteiger partial charge in [-0.1, -0.05) is 12.1 Å². The molecule has 1 fully saturated rings. The van der Waals surface area contributed by atoms with Gasteiger partial charge >= 0.3 is 0 Å². The summed E-state index contributed by atoms with van der Waals surface area (Å²) in [4.78, 5) is 4.99. The van der Waals surface area contributed by atoms with Crippen LogP contribution >= 0.6 is 0 Å². The first kappa shape index (κ1) is 14.3. The third kappa shape index (κ3) is 4.49. The molecule has 4 nitrogen and oxygen atoms in total. The number of nitrogens with zero attached hydrogens (tertiary/aromatic N) is 2. The largest absolute Gasteiger partial charge is 0.497 e. The van der Waals surface area contributed by atoms with Crippen molar-refractivity contribution >= 4 is 0 Å². The zero-order valence-corrected chi connectivity index (χ0v) is 11.8. The molecule has 2 rings (SSSR count). The van der Waals surface area contributed by atoms with E-state index in [1.807, 2.05) is 12.1 Å². The van der Waals surface area contributed by atoms with Gasteiger partial charge in [-0.25, -0.2) is 0 Å². The van der Waals surface area contributed by atoms with Crippen molar-refractivity contribution in [1.82, 2.24) is 9.80 Å². The number of ether oxygens (including phenoxy) is 1. The molecule has 0 spiro atoms. The third-order valence-corrected chi connectivity index (χ3v) is 3.69. The summed E-state index contributed by atoms with van der Waals surface area (Å²) in [7, 11) is 1.70. The Bertz CT molecular complexity index is 366. The quantitative estimate of drug-likeness (QED) is 0.865. The molecule has 0 aliphatic carbocycles. The molecule has 2 N–H and O–H groups in total. The molecule has 0 unspecified atom stereocenters. The van der Waals surface area contributed by atoms with E-state index in [4.69, 9.17) is 10.5 Å². The highest BCUT2D eigenvalue weighted by atomic mass is 16.5. The maximum Gasteiger partial charge on any atom is 0.118 e. The molecule has 0 bridgehead atoms. The van der Waals surface area contributed by atoms with Gasteiger partial charge in [0.05, 0.1) is 7.11 Å². The Labute approximate surface area is 116 Å². The maximum atomic E-state index is 5.63. The molecule has 0 aromatic heterocycles. The Morgan fingerprint density at radius 2 is 1.74 bits per heavy atom. The monoisotopic (exact) mass is 263 g/mol. The highest BCUT2D eigenvalue weighted by molar-refractivity contribution is 5.27. The van der Waals surface area contributed by atoms with Crippen molar-refractivity contribution in [1.29, 1.82) is 0 Å². The lowest BCUT2D eigenvalue weighted by Crippen LogP contribution is -2.33. The lowest BCUT2D eigenvalue weighted by molar-refractivity contribution is 0.255. The van der Waals surface area contributed by atoms with Crippen molar-refractivity contribution in [3.05, 3.63) is 29.8 Å². The SMILES string of the molecule is COc1ccc(CN2CCCN(CCN)CC2)cc1. The van der Waals surface area contributed by atoms with Gasteiger partial charge < -0.3 is 15.4 Å². The van der Waals surface area contributed by atoms with Crippen molar-refractivity contribution in [2.45, 2.75) is 13.0 Å². The molecular weight excluding hydrogens is 238 g/mol. The molecule has 106 valence electrons. The molecule has 1 aliphatic heterocycles. The summed E-state index contributed by atoms with van der Waals surface area (Å²) < 4.78 is 5.19. The van der Waals surface area contributed by atoms with Crippen molar-refractivity contribution in [2.24, 2.45) is 5.73 Å². The molecule has 0 amide bonds. The maximum absolute atomic E-state index is 5.63. The van der Waals surface area contributed by atoms with Gasteiger partial charge in [-0.15, -0.1) is 0 Å². The van der Waals surface area contributed by atoms with Crippen molar-refractivity contribution in [2.75, 3.05) is 46.4 Å². The van der Waals surface area contributed by atoms with E-state index in [0.717, 1.165) is 38.5 Å². The van der Waals surface area contributed by atoms with E-state index in [9.17, 15) is 0 Å². The minimum absolute atomic E-state index is 0.762. The first-order chi connectivity index (χ1) is 9.31. The first-order valence-electron chi connectivity index (χ1n) is 7.09. The fraction of sp³-hybridized carbons (Fsp3) is 0.600. The van der Waals surface area contributed by atoms with E-state index in [2.05, 4.69) is 21.9 Å². The smallest absolute Gasteiger partial charge is 0.118 e. The fourth-order valence-corrected chi connectivity index (χ4v) is 2.58. The van der Waals surface area contributed by atoms with E-state index in [0.29, 0.717) is 0 Å². The van der Waals surface area contributed by atoms with Crippen LogP contribution in [-0.2, 0) is 6.54 Å². The van der Waals surface area contributed by atoms with Crippen LogP contribution in [0, 0.1) is 0 Å². The van der Waals surface area contributed by atoms with Gasteiger partial charge in [0.25, 0.3) is 0 Å². The van der Waals surface area contributed by atoms with Gasteiger partial charge in [-0.05, 0) is 37.2 Å². The summed E-state index contributed by atoms with van der Waals surface area (Å²) in [6.07, 6.45) is 1.23. The van der Waals surface area contributed by atoms with Gasteiger partial charge in [0.15, 0.2) is 0 Å². The van der Waals surface area contributed by atoms with Crippen LogP contribution in [0.3, 0.4) is 0 Å². The van der Waals surface area contributed by atoms with Gasteiger partial charge in [-0.2, -0.15) is 0 Å². The standard InChI is InChI=1S/C15H25N3O/c1-19-15-5-3-14(4-6-15)13-18-9-2-8-17(10-7-16)11-12-18/h3-6H,2,7-13,16H2,1H3. The van der Waals surface area contributed by atoms with E-state index >= 15 is 0 Å². The van der Waals surface area contributed by atoms with Crippen LogP contribution in [0.2, 0.25) is 0 Å². The fourth-order valence-electron chi connectivity index (χ4n) is 2.58. The van der Waals surface area contributed by atoms with Gasteiger partial charge in [0.2, 0.25) is 0 Å². The Balaban J connectivity index is 1.84. The summed E-state index contributed by atoms with van der Waals surface area (Å²) in [5, 5.41) is 0. The molecular formula is C15H25N3O. The second-order valence-corrected chi connectivity index (χ2v) is 5.11. The summed E-state index contributed by atoms with van der Waals surface area (Å²) in [6.45, 7) is 7.43. The minimum atomic E-state index is 0.762. The van der Waals surface area contributed by atoms with E-state index in [1.54, 1.807) is 7.11 Å². The topological polar surface area (TPSA) is 41.7 Å². The van der Waals surface area contributed by atoms with E-state index in [1.165, 1.54) is 25.1 Å². The molecule has 1 aromatic rings. The van der Waals surface area contributed by atoms with Crippen LogP contribution in [0.5, 0.6) is 5.75 Å². The molecule has 1 aliphatic rings. The van der Waals surface area contributed by atoms with Gasteiger partial charge in [0, 0.05) is 32.7 Å². The third-order valence-electron chi connectivity index (χ3n) is 3.69. The Morgan fingerprint density at radius 1 is 1.05 bits per heavy atom. The zero-order valence-electron chi connectivity index (χ0n) is 11.8. The van der Waals surface area contributed by atoms with Gasteiger partial charge in [-0.3, -0.25) is 4.90 Å². The number of hydrogen-bond donors (Lipinski definition) is 1. The lowest BCUT2D eigenvalue weighted by atomic mass is 10.2. The Kier molecular flexibility index (Phi) is 5.63. The van der Waals surface area contributed by atoms with Crippen molar-refractivity contribution in [3.63, 3.8) is 0 Å². The van der Waals surface area contributed by atoms with Crippen LogP contribution in [0.1, 0.15) is 12.0 Å². The van der Waals surface area contributed by atoms with Crippen LogP contribution in [0.25, 0.3) is 0 Å². The average molecular weight is 263 g/mol. The number of benzene rings is 1. The molecule has 1 saturated heterocycles. The minimum Gasteiger partial charge on any atom is -0.497 e. The highest BCUT2D eigenvalue weighted by Gasteiger charge is 2.14. The van der Waals surface area contributed by atoms with Crippen molar-refractivity contribution in [3.8, 4) is 5.75 Å². The summed E-state index contributed by atoms with van der Waals surface area (Å²) in [5.41, 5.74) is 6.98. The number of rotatable bonds is 5. The molecule has 0 atom stereocenters. The Hall–Kier alpha value is -1.10. The first-order valence-corrected chi connectivity index (χ1v) is 7.09. The number of hydrogen-bond acceptors (Lipinski definition) is 4. The molecule has 0 radical (unpaired) electrons. The lowest BCUT2D eigenvalue weighted by Gasteiger charge is -2.21. The highest BCUT2D eigenvalue weighted by Crippen LogP contribution is 2.14. The predicted molar refractivity (Wildman–Crippen MR) is 78.4 cm³/mol. The average Bonchev–Trinajstić information content (AvgIpc) is 2.66. The van der Waals surface area contributed by atoms with Crippen LogP contribution in [0.4, 0.5) is 0 Å². The van der Waals surface area contributed by atoms with Crippen LogP contribution < -0.4 is 10.5 Å². The Morgan fingerprint density at radius 3 is 2.42 bits per heavy atom. The van der Waals surface area contributed by atoms with E-state index in [-0.39, 0.29) is 0 Å². The second kappa shape index (κ2) is 7.48. The summed E-state index contributed by atoms with van der Waals surface area (Å²) in [5.74, 6) is 0.925. The molecule has 1 aromatic carbocycles. The van der Waals surface area contributed by atoms with Crippen LogP contribution in [0.15, 0.2) is 24.3 Å². The predicted octanol–water partition coefficient (Wildman–Crippen LogP) is 1.16. The molecule has 4 heteroatoms. The van der Waals surface area contributed by atoms with Crippen molar-refractivity contribution < 1.29 is 4.74 Å². The van der Waals surface area contributed by atoms with E-state index < -0.39 is 0 Å². The summed E-state index contributed by atoms with van der Waals surface area (Å²) in [6, 6.07) is 8.38. The molecule has 1 heterocycles. The number of methoxy groups -OCH3 is 1. The number of nitrogens with two attached hydrogens (primary N) is 1.